The number of nitrogens with one attached hydrogen (secondary N) is 2. The van der Waals surface area contributed by atoms with Gasteiger partial charge in [0.2, 0.25) is 0 Å². The number of hydrogen-bond donors (Lipinski definition) is 2. The van der Waals surface area contributed by atoms with Gasteiger partial charge >= 0.3 is 0 Å². The standard InChI is InChI=1S/C22H38N4O2/c1-5-23-22(24-12-6-14-26-15-10-18(2)11-16-26)25-13-9-19-7-8-20(27-3)21(17-19)28-4/h7-8,17-18H,5-6,9-16H2,1-4H3,(H2,23,24,25). The highest BCUT2D eigenvalue weighted by atomic mass is 16.5. The molecule has 0 amide bonds. The molecule has 2 rings (SSSR count). The first-order valence-electron chi connectivity index (χ1n) is 10.6. The van der Waals surface area contributed by atoms with Gasteiger partial charge in [-0.3, -0.25) is 4.99 Å². The Balaban J connectivity index is 1.73. The monoisotopic (exact) mass is 390 g/mol. The van der Waals surface area contributed by atoms with Gasteiger partial charge in [0.25, 0.3) is 0 Å². The van der Waals surface area contributed by atoms with Crippen molar-refractivity contribution in [2.45, 2.75) is 39.5 Å². The van der Waals surface area contributed by atoms with Crippen LogP contribution in [0, 0.1) is 5.92 Å². The van der Waals surface area contributed by atoms with Gasteiger partial charge in [-0.15, -0.1) is 0 Å². The lowest BCUT2D eigenvalue weighted by Gasteiger charge is -2.29. The van der Waals surface area contributed by atoms with Crippen molar-refractivity contribution in [3.05, 3.63) is 23.8 Å². The molecule has 1 aromatic rings. The molecule has 0 atom stereocenters. The molecule has 0 aliphatic carbocycles. The molecular formula is C22H38N4O2. The fourth-order valence-corrected chi connectivity index (χ4v) is 3.47. The summed E-state index contributed by atoms with van der Waals surface area (Å²) in [7, 11) is 3.32. The van der Waals surface area contributed by atoms with Gasteiger partial charge in [-0.05, 0) is 75.9 Å². The molecule has 1 aliphatic heterocycles. The average Bonchev–Trinajstić information content (AvgIpc) is 2.72. The van der Waals surface area contributed by atoms with Crippen molar-refractivity contribution < 1.29 is 9.47 Å². The normalized spacial score (nSPS) is 16.1. The first kappa shape index (κ1) is 22.3. The highest BCUT2D eigenvalue weighted by Crippen LogP contribution is 2.27. The van der Waals surface area contributed by atoms with Crippen LogP contribution in [0.4, 0.5) is 0 Å². The fourth-order valence-electron chi connectivity index (χ4n) is 3.47. The second-order valence-corrected chi connectivity index (χ2v) is 7.50. The van der Waals surface area contributed by atoms with E-state index >= 15 is 0 Å². The minimum atomic E-state index is 0.761. The van der Waals surface area contributed by atoms with Crippen LogP contribution in [0.1, 0.15) is 38.7 Å². The van der Waals surface area contributed by atoms with Crippen LogP contribution >= 0.6 is 0 Å². The molecule has 1 aliphatic rings. The number of piperidine rings is 1. The van der Waals surface area contributed by atoms with Gasteiger partial charge in [-0.1, -0.05) is 13.0 Å². The Kier molecular flexibility index (Phi) is 9.97. The second kappa shape index (κ2) is 12.5. The molecule has 6 heteroatoms. The van der Waals surface area contributed by atoms with Gasteiger partial charge in [0.05, 0.1) is 14.2 Å². The number of methoxy groups -OCH3 is 2. The fraction of sp³-hybridized carbons (Fsp3) is 0.682. The molecule has 2 N–H and O–H groups in total. The van der Waals surface area contributed by atoms with E-state index in [9.17, 15) is 0 Å². The molecule has 0 unspecified atom stereocenters. The third kappa shape index (κ3) is 7.58. The Morgan fingerprint density at radius 3 is 2.57 bits per heavy atom. The van der Waals surface area contributed by atoms with Gasteiger partial charge in [0.1, 0.15) is 0 Å². The zero-order chi connectivity index (χ0) is 20.2. The summed E-state index contributed by atoms with van der Waals surface area (Å²) in [4.78, 5) is 7.30. The van der Waals surface area contributed by atoms with Crippen molar-refractivity contribution in [1.82, 2.24) is 15.5 Å². The minimum absolute atomic E-state index is 0.761. The van der Waals surface area contributed by atoms with Crippen LogP contribution in [-0.4, -0.2) is 64.3 Å². The van der Waals surface area contributed by atoms with E-state index in [1.165, 1.54) is 31.5 Å². The number of aliphatic imine (C=N–C) groups is 1. The maximum absolute atomic E-state index is 5.38. The molecule has 0 radical (unpaired) electrons. The third-order valence-corrected chi connectivity index (χ3v) is 5.28. The van der Waals surface area contributed by atoms with Crippen molar-refractivity contribution in [1.29, 1.82) is 0 Å². The quantitative estimate of drug-likeness (QED) is 0.365. The molecule has 28 heavy (non-hydrogen) atoms. The summed E-state index contributed by atoms with van der Waals surface area (Å²) in [5, 5.41) is 6.77. The predicted molar refractivity (Wildman–Crippen MR) is 117 cm³/mol. The molecule has 1 heterocycles. The van der Waals surface area contributed by atoms with Crippen molar-refractivity contribution in [2.24, 2.45) is 10.9 Å². The smallest absolute Gasteiger partial charge is 0.191 e. The number of rotatable bonds is 10. The average molecular weight is 391 g/mol. The lowest BCUT2D eigenvalue weighted by Crippen LogP contribution is -2.38. The van der Waals surface area contributed by atoms with Crippen molar-refractivity contribution in [3.63, 3.8) is 0 Å². The number of ether oxygens (including phenoxy) is 2. The van der Waals surface area contributed by atoms with Gasteiger partial charge in [-0.2, -0.15) is 0 Å². The highest BCUT2D eigenvalue weighted by Gasteiger charge is 2.14. The zero-order valence-electron chi connectivity index (χ0n) is 18.1. The van der Waals surface area contributed by atoms with E-state index < -0.39 is 0 Å². The topological polar surface area (TPSA) is 58.1 Å². The maximum atomic E-state index is 5.38. The predicted octanol–water partition coefficient (Wildman–Crippen LogP) is 2.92. The summed E-state index contributed by atoms with van der Waals surface area (Å²) >= 11 is 0. The summed E-state index contributed by atoms with van der Waals surface area (Å²) in [6.45, 7) is 10.7. The SMILES string of the molecule is CCNC(=NCCCN1CCC(C)CC1)NCCc1ccc(OC)c(OC)c1. The van der Waals surface area contributed by atoms with Crippen molar-refractivity contribution >= 4 is 5.96 Å². The summed E-state index contributed by atoms with van der Waals surface area (Å²) in [6.07, 6.45) is 4.69. The molecule has 0 spiro atoms. The first-order valence-corrected chi connectivity index (χ1v) is 10.6. The molecular weight excluding hydrogens is 352 g/mol. The molecule has 1 aromatic carbocycles. The van der Waals surface area contributed by atoms with E-state index in [-0.39, 0.29) is 0 Å². The van der Waals surface area contributed by atoms with Crippen LogP contribution < -0.4 is 20.1 Å². The number of likely N-dealkylation sites (tertiary alicyclic amines) is 1. The van der Waals surface area contributed by atoms with E-state index in [0.29, 0.717) is 0 Å². The lowest BCUT2D eigenvalue weighted by molar-refractivity contribution is 0.192. The Morgan fingerprint density at radius 1 is 1.14 bits per heavy atom. The molecule has 1 saturated heterocycles. The minimum Gasteiger partial charge on any atom is -0.493 e. The number of nitrogens with zero attached hydrogens (tertiary/aromatic N) is 2. The van der Waals surface area contributed by atoms with E-state index in [1.54, 1.807) is 14.2 Å². The largest absolute Gasteiger partial charge is 0.493 e. The molecule has 0 aromatic heterocycles. The van der Waals surface area contributed by atoms with Crippen LogP contribution in [0.2, 0.25) is 0 Å². The second-order valence-electron chi connectivity index (χ2n) is 7.50. The van der Waals surface area contributed by atoms with Crippen LogP contribution in [-0.2, 0) is 6.42 Å². The van der Waals surface area contributed by atoms with Crippen LogP contribution in [0.15, 0.2) is 23.2 Å². The Morgan fingerprint density at radius 2 is 1.89 bits per heavy atom. The molecule has 0 bridgehead atoms. The Bertz CT molecular complexity index is 598. The summed E-state index contributed by atoms with van der Waals surface area (Å²) in [6, 6.07) is 6.06. The molecule has 6 nitrogen and oxygen atoms in total. The van der Waals surface area contributed by atoms with Gasteiger partial charge in [0.15, 0.2) is 17.5 Å². The highest BCUT2D eigenvalue weighted by molar-refractivity contribution is 5.79. The molecule has 0 saturated carbocycles. The van der Waals surface area contributed by atoms with Crippen molar-refractivity contribution in [2.75, 3.05) is 53.5 Å². The van der Waals surface area contributed by atoms with E-state index in [2.05, 4.69) is 35.4 Å². The lowest BCUT2D eigenvalue weighted by atomic mass is 9.99. The zero-order valence-corrected chi connectivity index (χ0v) is 18.1. The van der Waals surface area contributed by atoms with E-state index in [4.69, 9.17) is 14.5 Å². The van der Waals surface area contributed by atoms with E-state index in [1.807, 2.05) is 12.1 Å². The summed E-state index contributed by atoms with van der Waals surface area (Å²) in [5.41, 5.74) is 1.21. The molecule has 158 valence electrons. The third-order valence-electron chi connectivity index (χ3n) is 5.28. The van der Waals surface area contributed by atoms with Crippen LogP contribution in [0.25, 0.3) is 0 Å². The van der Waals surface area contributed by atoms with Crippen LogP contribution in [0.5, 0.6) is 11.5 Å². The van der Waals surface area contributed by atoms with Crippen molar-refractivity contribution in [3.8, 4) is 11.5 Å². The van der Waals surface area contributed by atoms with Gasteiger partial charge < -0.3 is 25.0 Å². The molecule has 1 fully saturated rings. The Hall–Kier alpha value is -1.95. The number of guanidine groups is 1. The summed E-state index contributed by atoms with van der Waals surface area (Å²) in [5.74, 6) is 3.32. The van der Waals surface area contributed by atoms with Gasteiger partial charge in [0, 0.05) is 19.6 Å². The van der Waals surface area contributed by atoms with Gasteiger partial charge in [-0.25, -0.2) is 0 Å². The Labute approximate surface area is 170 Å². The number of hydrogen-bond acceptors (Lipinski definition) is 4. The number of benzene rings is 1. The maximum Gasteiger partial charge on any atom is 0.191 e. The summed E-state index contributed by atoms with van der Waals surface area (Å²) < 4.78 is 10.7. The first-order chi connectivity index (χ1) is 13.7. The van der Waals surface area contributed by atoms with Crippen LogP contribution in [0.3, 0.4) is 0 Å². The van der Waals surface area contributed by atoms with E-state index in [0.717, 1.165) is 62.4 Å².